The number of fused-ring (bicyclic) bond motifs is 1. The summed E-state index contributed by atoms with van der Waals surface area (Å²) in [6, 6.07) is 20.9. The van der Waals surface area contributed by atoms with Gasteiger partial charge in [-0.05, 0) is 30.5 Å². The molecule has 7 nitrogen and oxygen atoms in total. The largest absolute Gasteiger partial charge is 0.345 e. The summed E-state index contributed by atoms with van der Waals surface area (Å²) in [7, 11) is 0. The number of aryl methyl sites for hydroxylation is 1. The van der Waals surface area contributed by atoms with Gasteiger partial charge in [-0.25, -0.2) is 9.78 Å². The molecule has 0 radical (unpaired) electrons. The number of benzene rings is 2. The van der Waals surface area contributed by atoms with E-state index in [-0.39, 0.29) is 28.5 Å². The van der Waals surface area contributed by atoms with E-state index in [0.29, 0.717) is 13.0 Å². The lowest BCUT2D eigenvalue weighted by molar-refractivity contribution is 0.0936. The number of hydrogen-bond donors (Lipinski definition) is 2. The highest BCUT2D eigenvalue weighted by Crippen LogP contribution is 2.19. The normalized spacial score (nSPS) is 11.9. The van der Waals surface area contributed by atoms with E-state index in [9.17, 15) is 14.4 Å². The van der Waals surface area contributed by atoms with Crippen LogP contribution >= 0.6 is 0 Å². The van der Waals surface area contributed by atoms with Gasteiger partial charge in [0.25, 0.3) is 11.5 Å². The van der Waals surface area contributed by atoms with Crippen molar-refractivity contribution in [2.45, 2.75) is 25.9 Å². The Morgan fingerprint density at radius 2 is 1.74 bits per heavy atom. The van der Waals surface area contributed by atoms with Crippen molar-refractivity contribution in [1.29, 1.82) is 0 Å². The van der Waals surface area contributed by atoms with Crippen molar-refractivity contribution in [1.82, 2.24) is 19.9 Å². The Kier molecular flexibility index (Phi) is 5.75. The second-order valence-electron chi connectivity index (χ2n) is 7.23. The average molecular weight is 414 g/mol. The summed E-state index contributed by atoms with van der Waals surface area (Å²) in [5.41, 5.74) is 1.51. The zero-order valence-corrected chi connectivity index (χ0v) is 17.0. The number of nitrogens with zero attached hydrogens (tertiary/aromatic N) is 2. The molecule has 4 aromatic rings. The summed E-state index contributed by atoms with van der Waals surface area (Å²) in [5.74, 6) is -0.340. The molecule has 0 fully saturated rings. The fourth-order valence-electron chi connectivity index (χ4n) is 3.61. The zero-order valence-electron chi connectivity index (χ0n) is 17.0. The maximum Gasteiger partial charge on any atom is 0.329 e. The van der Waals surface area contributed by atoms with Crippen LogP contribution in [0.5, 0.6) is 0 Å². The molecule has 1 amide bonds. The molecule has 0 unspecified atom stereocenters. The Balaban J connectivity index is 1.68. The number of H-pyrrole nitrogens is 1. The van der Waals surface area contributed by atoms with Crippen LogP contribution in [-0.2, 0) is 13.0 Å². The van der Waals surface area contributed by atoms with Crippen LogP contribution < -0.4 is 16.6 Å². The molecule has 2 N–H and O–H groups in total. The number of carbonyl (C=O) groups is 1. The molecular formula is C24H22N4O3. The third-order valence-corrected chi connectivity index (χ3v) is 5.20. The Labute approximate surface area is 178 Å². The van der Waals surface area contributed by atoms with Crippen LogP contribution in [0.1, 0.15) is 34.5 Å². The Morgan fingerprint density at radius 1 is 1.06 bits per heavy atom. The SMILES string of the molecule is CCn1c(=O)[nH]c(=O)c2cc(C(=O)N[C@@H](Cc3ccccc3)c3ccccc3)cnc21. The highest BCUT2D eigenvalue weighted by molar-refractivity contribution is 5.97. The lowest BCUT2D eigenvalue weighted by atomic mass is 9.98. The molecule has 4 rings (SSSR count). The highest BCUT2D eigenvalue weighted by atomic mass is 16.2. The fraction of sp³-hybridized carbons (Fsp3) is 0.167. The summed E-state index contributed by atoms with van der Waals surface area (Å²) in [6.07, 6.45) is 2.01. The van der Waals surface area contributed by atoms with E-state index >= 15 is 0 Å². The third-order valence-electron chi connectivity index (χ3n) is 5.20. The van der Waals surface area contributed by atoms with Crippen LogP contribution in [0.4, 0.5) is 0 Å². The van der Waals surface area contributed by atoms with Gasteiger partial charge < -0.3 is 5.32 Å². The second-order valence-corrected chi connectivity index (χ2v) is 7.23. The van der Waals surface area contributed by atoms with Crippen molar-refractivity contribution in [2.24, 2.45) is 0 Å². The number of carbonyl (C=O) groups excluding carboxylic acids is 1. The van der Waals surface area contributed by atoms with Gasteiger partial charge in [-0.3, -0.25) is 19.1 Å². The van der Waals surface area contributed by atoms with E-state index in [1.807, 2.05) is 60.7 Å². The average Bonchev–Trinajstić information content (AvgIpc) is 2.80. The van der Waals surface area contributed by atoms with E-state index in [0.717, 1.165) is 11.1 Å². The van der Waals surface area contributed by atoms with Gasteiger partial charge in [0, 0.05) is 12.7 Å². The van der Waals surface area contributed by atoms with Crippen LogP contribution in [0.25, 0.3) is 11.0 Å². The maximum absolute atomic E-state index is 13.1. The summed E-state index contributed by atoms with van der Waals surface area (Å²) in [5, 5.41) is 3.26. The number of aromatic amines is 1. The molecule has 0 aliphatic carbocycles. The summed E-state index contributed by atoms with van der Waals surface area (Å²) >= 11 is 0. The predicted octanol–water partition coefficient (Wildman–Crippen LogP) is 2.82. The monoisotopic (exact) mass is 414 g/mol. The third kappa shape index (κ3) is 4.30. The van der Waals surface area contributed by atoms with Gasteiger partial charge in [0.2, 0.25) is 0 Å². The first kappa shape index (κ1) is 20.3. The number of rotatable bonds is 6. The minimum atomic E-state index is -0.559. The minimum absolute atomic E-state index is 0.202. The van der Waals surface area contributed by atoms with Crippen LogP contribution in [0, 0.1) is 0 Å². The van der Waals surface area contributed by atoms with Gasteiger partial charge in [-0.2, -0.15) is 0 Å². The zero-order chi connectivity index (χ0) is 21.8. The van der Waals surface area contributed by atoms with Crippen molar-refractivity contribution in [2.75, 3.05) is 0 Å². The number of pyridine rings is 1. The number of aromatic nitrogens is 3. The Hall–Kier alpha value is -4.00. The van der Waals surface area contributed by atoms with Crippen LogP contribution in [0.15, 0.2) is 82.5 Å². The molecule has 0 saturated carbocycles. The predicted molar refractivity (Wildman–Crippen MR) is 119 cm³/mol. The first-order chi connectivity index (χ1) is 15.1. The summed E-state index contributed by atoms with van der Waals surface area (Å²) in [6.45, 7) is 2.15. The molecule has 2 heterocycles. The lowest BCUT2D eigenvalue weighted by Crippen LogP contribution is -2.32. The number of amides is 1. The standard InChI is InChI=1S/C24H22N4O3/c1-2-28-21-19(23(30)27-24(28)31)14-18(15-25-21)22(29)26-20(17-11-7-4-8-12-17)13-16-9-5-3-6-10-16/h3-12,14-15,20H,2,13H2,1H3,(H,26,29)(H,27,30,31)/t20-/m0/s1. The molecule has 7 heteroatoms. The van der Waals surface area contributed by atoms with Gasteiger partial charge in [-0.1, -0.05) is 60.7 Å². The molecule has 0 spiro atoms. The molecule has 31 heavy (non-hydrogen) atoms. The van der Waals surface area contributed by atoms with Gasteiger partial charge in [-0.15, -0.1) is 0 Å². The molecule has 2 aromatic carbocycles. The van der Waals surface area contributed by atoms with Crippen molar-refractivity contribution in [3.8, 4) is 0 Å². The fourth-order valence-corrected chi connectivity index (χ4v) is 3.61. The van der Waals surface area contributed by atoms with Gasteiger partial charge >= 0.3 is 5.69 Å². The van der Waals surface area contributed by atoms with Gasteiger partial charge in [0.15, 0.2) is 0 Å². The Bertz CT molecular complexity index is 1330. The van der Waals surface area contributed by atoms with E-state index < -0.39 is 11.2 Å². The van der Waals surface area contributed by atoms with Crippen molar-refractivity contribution in [3.05, 3.63) is 110 Å². The quantitative estimate of drug-likeness (QED) is 0.507. The van der Waals surface area contributed by atoms with E-state index in [1.54, 1.807) is 6.92 Å². The first-order valence-electron chi connectivity index (χ1n) is 10.1. The molecule has 0 aliphatic heterocycles. The van der Waals surface area contributed by atoms with E-state index in [1.165, 1.54) is 16.8 Å². The molecule has 0 saturated heterocycles. The molecule has 1 atom stereocenters. The smallest absolute Gasteiger partial charge is 0.329 e. The summed E-state index contributed by atoms with van der Waals surface area (Å²) < 4.78 is 1.36. The van der Waals surface area contributed by atoms with Crippen molar-refractivity contribution >= 4 is 16.9 Å². The number of nitrogens with one attached hydrogen (secondary N) is 2. The minimum Gasteiger partial charge on any atom is -0.345 e. The molecular weight excluding hydrogens is 392 g/mol. The molecule has 2 aromatic heterocycles. The highest BCUT2D eigenvalue weighted by Gasteiger charge is 2.18. The van der Waals surface area contributed by atoms with Gasteiger partial charge in [0.1, 0.15) is 5.65 Å². The van der Waals surface area contributed by atoms with Crippen molar-refractivity contribution in [3.63, 3.8) is 0 Å². The number of hydrogen-bond acceptors (Lipinski definition) is 4. The van der Waals surface area contributed by atoms with E-state index in [4.69, 9.17) is 0 Å². The lowest BCUT2D eigenvalue weighted by Gasteiger charge is -2.20. The van der Waals surface area contributed by atoms with E-state index in [2.05, 4.69) is 15.3 Å². The second kappa shape index (κ2) is 8.79. The molecule has 156 valence electrons. The maximum atomic E-state index is 13.1. The first-order valence-corrected chi connectivity index (χ1v) is 10.1. The van der Waals surface area contributed by atoms with Crippen LogP contribution in [0.3, 0.4) is 0 Å². The van der Waals surface area contributed by atoms with Crippen LogP contribution in [-0.4, -0.2) is 20.4 Å². The molecule has 0 bridgehead atoms. The Morgan fingerprint density at radius 3 is 2.42 bits per heavy atom. The molecule has 0 aliphatic rings. The van der Waals surface area contributed by atoms with Gasteiger partial charge in [0.05, 0.1) is 17.0 Å². The topological polar surface area (TPSA) is 96.9 Å². The van der Waals surface area contributed by atoms with Crippen LogP contribution in [0.2, 0.25) is 0 Å². The summed E-state index contributed by atoms with van der Waals surface area (Å²) in [4.78, 5) is 43.8. The van der Waals surface area contributed by atoms with Crippen molar-refractivity contribution < 1.29 is 4.79 Å².